The molecule has 0 radical (unpaired) electrons. The molecule has 0 spiro atoms. The summed E-state index contributed by atoms with van der Waals surface area (Å²) in [6.45, 7) is 0.246. The van der Waals surface area contributed by atoms with Gasteiger partial charge in [-0.2, -0.15) is 0 Å². The lowest BCUT2D eigenvalue weighted by molar-refractivity contribution is -0.384. The quantitative estimate of drug-likeness (QED) is 0.552. The molecule has 0 bridgehead atoms. The van der Waals surface area contributed by atoms with Crippen molar-refractivity contribution >= 4 is 22.5 Å². The van der Waals surface area contributed by atoms with Crippen molar-refractivity contribution in [1.29, 1.82) is 0 Å². The van der Waals surface area contributed by atoms with Crippen molar-refractivity contribution in [3.05, 3.63) is 73.2 Å². The van der Waals surface area contributed by atoms with Crippen LogP contribution in [0.3, 0.4) is 0 Å². The second-order valence-corrected chi connectivity index (χ2v) is 5.05. The van der Waals surface area contributed by atoms with Crippen LogP contribution in [-0.2, 0) is 6.54 Å². The molecule has 1 N–H and O–H groups in total. The SMILES string of the molecule is O=c1[nH]c(=O)n2c3c1ncn3C(c1cccc([N+](=O)[O-])c1)=CC2. The van der Waals surface area contributed by atoms with Crippen LogP contribution < -0.4 is 11.2 Å². The van der Waals surface area contributed by atoms with Crippen molar-refractivity contribution < 1.29 is 4.92 Å². The summed E-state index contributed by atoms with van der Waals surface area (Å²) in [5.41, 5.74) is 0.676. The summed E-state index contributed by atoms with van der Waals surface area (Å²) in [4.78, 5) is 40.5. The van der Waals surface area contributed by atoms with Crippen molar-refractivity contribution in [3.63, 3.8) is 0 Å². The first kappa shape index (κ1) is 13.2. The van der Waals surface area contributed by atoms with E-state index in [0.717, 1.165) is 0 Å². The van der Waals surface area contributed by atoms with Crippen LogP contribution in [0, 0.1) is 10.1 Å². The largest absolute Gasteiger partial charge is 0.330 e. The third-order valence-corrected chi connectivity index (χ3v) is 3.76. The van der Waals surface area contributed by atoms with E-state index in [2.05, 4.69) is 9.97 Å². The molecule has 3 heterocycles. The first-order chi connectivity index (χ1) is 11.1. The molecule has 0 saturated carbocycles. The van der Waals surface area contributed by atoms with E-state index in [0.29, 0.717) is 16.9 Å². The maximum Gasteiger partial charge on any atom is 0.330 e. The standard InChI is InChI=1S/C14H9N5O4/c20-12-11-13-17(14(21)16-12)5-4-10(18(13)7-15-11)8-2-1-3-9(6-8)19(22)23/h1-4,6-7H,5H2,(H,16,20,21). The molecule has 0 aliphatic carbocycles. The van der Waals surface area contributed by atoms with Crippen molar-refractivity contribution in [2.75, 3.05) is 0 Å². The number of hydrogen-bond acceptors (Lipinski definition) is 5. The fraction of sp³-hybridized carbons (Fsp3) is 0.0714. The van der Waals surface area contributed by atoms with E-state index in [1.54, 1.807) is 22.8 Å². The third kappa shape index (κ3) is 1.83. The highest BCUT2D eigenvalue weighted by Crippen LogP contribution is 2.26. The van der Waals surface area contributed by atoms with Gasteiger partial charge in [0.2, 0.25) is 0 Å². The maximum absolute atomic E-state index is 11.9. The summed E-state index contributed by atoms with van der Waals surface area (Å²) >= 11 is 0. The number of aromatic nitrogens is 4. The van der Waals surface area contributed by atoms with E-state index in [9.17, 15) is 19.7 Å². The number of H-pyrrole nitrogens is 1. The number of hydrogen-bond donors (Lipinski definition) is 1. The zero-order valence-electron chi connectivity index (χ0n) is 11.6. The molecule has 1 aliphatic heterocycles. The van der Waals surface area contributed by atoms with E-state index in [4.69, 9.17) is 0 Å². The number of nitro benzene ring substituents is 1. The van der Waals surface area contributed by atoms with Gasteiger partial charge in [0, 0.05) is 24.2 Å². The Kier molecular flexibility index (Phi) is 2.58. The number of rotatable bonds is 2. The Morgan fingerprint density at radius 1 is 1.30 bits per heavy atom. The predicted octanol–water partition coefficient (Wildman–Crippen LogP) is 0.697. The van der Waals surface area contributed by atoms with Crippen LogP contribution in [0.1, 0.15) is 5.56 Å². The third-order valence-electron chi connectivity index (χ3n) is 3.76. The van der Waals surface area contributed by atoms with Crippen LogP contribution >= 0.6 is 0 Å². The van der Waals surface area contributed by atoms with E-state index in [1.165, 1.54) is 23.0 Å². The van der Waals surface area contributed by atoms with Crippen LogP contribution in [0.25, 0.3) is 16.9 Å². The van der Waals surface area contributed by atoms with Crippen LogP contribution in [-0.4, -0.2) is 24.0 Å². The van der Waals surface area contributed by atoms with Crippen LogP contribution in [0.5, 0.6) is 0 Å². The lowest BCUT2D eigenvalue weighted by atomic mass is 10.1. The van der Waals surface area contributed by atoms with E-state index >= 15 is 0 Å². The monoisotopic (exact) mass is 311 g/mol. The topological polar surface area (TPSA) is 116 Å². The zero-order valence-corrected chi connectivity index (χ0v) is 11.6. The minimum Gasteiger partial charge on any atom is -0.284 e. The molecule has 9 heteroatoms. The van der Waals surface area contributed by atoms with Gasteiger partial charge in [-0.05, 0) is 6.08 Å². The maximum atomic E-state index is 11.9. The van der Waals surface area contributed by atoms with Gasteiger partial charge < -0.3 is 0 Å². The van der Waals surface area contributed by atoms with Gasteiger partial charge >= 0.3 is 5.69 Å². The Balaban J connectivity index is 1.98. The summed E-state index contributed by atoms with van der Waals surface area (Å²) in [6.07, 6.45) is 3.19. The van der Waals surface area contributed by atoms with Gasteiger partial charge in [0.05, 0.1) is 10.6 Å². The molecule has 0 unspecified atom stereocenters. The van der Waals surface area contributed by atoms with Crippen molar-refractivity contribution in [2.24, 2.45) is 0 Å². The fourth-order valence-corrected chi connectivity index (χ4v) is 2.74. The number of allylic oxidation sites excluding steroid dienone is 1. The molecular weight excluding hydrogens is 302 g/mol. The Morgan fingerprint density at radius 2 is 2.13 bits per heavy atom. The van der Waals surface area contributed by atoms with Gasteiger partial charge in [-0.25, -0.2) is 9.78 Å². The normalized spacial score (nSPS) is 13.1. The highest BCUT2D eigenvalue weighted by Gasteiger charge is 2.20. The first-order valence-electron chi connectivity index (χ1n) is 6.72. The summed E-state index contributed by atoms with van der Waals surface area (Å²) < 4.78 is 2.99. The van der Waals surface area contributed by atoms with Crippen molar-refractivity contribution in [1.82, 2.24) is 19.1 Å². The Morgan fingerprint density at radius 3 is 2.91 bits per heavy atom. The van der Waals surface area contributed by atoms with Crippen LogP contribution in [0.15, 0.2) is 46.3 Å². The van der Waals surface area contributed by atoms with Gasteiger partial charge in [0.1, 0.15) is 6.33 Å². The fourth-order valence-electron chi connectivity index (χ4n) is 2.74. The van der Waals surface area contributed by atoms with Gasteiger partial charge in [-0.15, -0.1) is 0 Å². The smallest absolute Gasteiger partial charge is 0.284 e. The Hall–Kier alpha value is -3.49. The van der Waals surface area contributed by atoms with Crippen molar-refractivity contribution in [3.8, 4) is 0 Å². The summed E-state index contributed by atoms with van der Waals surface area (Å²) in [7, 11) is 0. The summed E-state index contributed by atoms with van der Waals surface area (Å²) in [5.74, 6) is 0. The molecule has 9 nitrogen and oxygen atoms in total. The lowest BCUT2D eigenvalue weighted by Gasteiger charge is -2.17. The number of nitrogens with zero attached hydrogens (tertiary/aromatic N) is 4. The molecule has 114 valence electrons. The highest BCUT2D eigenvalue weighted by atomic mass is 16.6. The predicted molar refractivity (Wildman–Crippen MR) is 81.1 cm³/mol. The molecule has 0 saturated heterocycles. The van der Waals surface area contributed by atoms with Crippen LogP contribution in [0.4, 0.5) is 5.69 Å². The molecule has 2 aromatic heterocycles. The summed E-state index contributed by atoms with van der Waals surface area (Å²) in [5, 5.41) is 10.9. The van der Waals surface area contributed by atoms with E-state index in [1.807, 2.05) is 0 Å². The molecule has 1 aliphatic rings. The van der Waals surface area contributed by atoms with Gasteiger partial charge in [-0.3, -0.25) is 29.0 Å². The minimum absolute atomic E-state index is 0.0337. The van der Waals surface area contributed by atoms with Gasteiger partial charge in [-0.1, -0.05) is 12.1 Å². The number of nitrogens with one attached hydrogen (secondary N) is 1. The average molecular weight is 311 g/mol. The van der Waals surface area contributed by atoms with Gasteiger partial charge in [0.15, 0.2) is 11.2 Å². The number of benzene rings is 1. The molecule has 3 aromatic rings. The van der Waals surface area contributed by atoms with E-state index < -0.39 is 16.2 Å². The zero-order chi connectivity index (χ0) is 16.1. The number of imidazole rings is 1. The second-order valence-electron chi connectivity index (χ2n) is 5.05. The molecule has 1 aromatic carbocycles. The number of non-ortho nitro benzene ring substituents is 1. The molecule has 0 fully saturated rings. The number of aromatic amines is 1. The van der Waals surface area contributed by atoms with Crippen LogP contribution in [0.2, 0.25) is 0 Å². The first-order valence-corrected chi connectivity index (χ1v) is 6.72. The van der Waals surface area contributed by atoms with Gasteiger partial charge in [0.25, 0.3) is 11.2 Å². The Bertz CT molecular complexity index is 1120. The van der Waals surface area contributed by atoms with E-state index in [-0.39, 0.29) is 17.7 Å². The molecule has 23 heavy (non-hydrogen) atoms. The van der Waals surface area contributed by atoms with Crippen molar-refractivity contribution in [2.45, 2.75) is 6.54 Å². The lowest BCUT2D eigenvalue weighted by Crippen LogP contribution is -2.32. The minimum atomic E-state index is -0.555. The molecule has 0 amide bonds. The summed E-state index contributed by atoms with van der Waals surface area (Å²) in [6, 6.07) is 6.16. The average Bonchev–Trinajstić information content (AvgIpc) is 2.98. The molecule has 0 atom stereocenters. The molecule has 4 rings (SSSR count). The Labute approximate surface area is 127 Å². The number of nitro groups is 1. The molecular formula is C14H9N5O4. The highest BCUT2D eigenvalue weighted by molar-refractivity contribution is 5.81. The second kappa shape index (κ2) is 4.50.